The quantitative estimate of drug-likeness (QED) is 0.535. The number of ketones is 1. The van der Waals surface area contributed by atoms with Gasteiger partial charge in [-0.25, -0.2) is 0 Å². The highest BCUT2D eigenvalue weighted by Gasteiger charge is 2.30. The fourth-order valence-corrected chi connectivity index (χ4v) is 3.97. The van der Waals surface area contributed by atoms with Gasteiger partial charge in [-0.05, 0) is 32.0 Å². The Morgan fingerprint density at radius 2 is 1.69 bits per heavy atom. The van der Waals surface area contributed by atoms with Crippen molar-refractivity contribution in [1.29, 1.82) is 0 Å². The summed E-state index contributed by atoms with van der Waals surface area (Å²) in [4.78, 5) is 33.0. The van der Waals surface area contributed by atoms with Crippen LogP contribution in [0.3, 0.4) is 0 Å². The minimum absolute atomic E-state index is 0.435. The third kappa shape index (κ3) is 3.58. The lowest BCUT2D eigenvalue weighted by Crippen LogP contribution is -2.50. The predicted molar refractivity (Wildman–Crippen MR) is 114 cm³/mol. The maximum absolute atomic E-state index is 13.0. The molecule has 1 saturated heterocycles. The smallest absolute Gasteiger partial charge is 0.295 e. The van der Waals surface area contributed by atoms with Crippen LogP contribution in [-0.2, 0) is 4.79 Å². The van der Waals surface area contributed by atoms with Crippen molar-refractivity contribution in [2.75, 3.05) is 37.7 Å². The number of amides is 1. The molecular formula is C23H25N3O3. The van der Waals surface area contributed by atoms with Crippen molar-refractivity contribution in [2.24, 2.45) is 0 Å². The van der Waals surface area contributed by atoms with Gasteiger partial charge in [0.2, 0.25) is 0 Å². The number of nitrogens with zero attached hydrogens (tertiary/aromatic N) is 2. The molecule has 0 unspecified atom stereocenters. The van der Waals surface area contributed by atoms with Crippen molar-refractivity contribution < 1.29 is 14.3 Å². The summed E-state index contributed by atoms with van der Waals surface area (Å²) in [7, 11) is 0. The van der Waals surface area contributed by atoms with Crippen LogP contribution in [0.25, 0.3) is 10.9 Å². The third-order valence-corrected chi connectivity index (χ3v) is 5.39. The number of benzene rings is 2. The summed E-state index contributed by atoms with van der Waals surface area (Å²) >= 11 is 0. The molecule has 29 heavy (non-hydrogen) atoms. The highest BCUT2D eigenvalue weighted by atomic mass is 16.5. The van der Waals surface area contributed by atoms with Crippen molar-refractivity contribution in [3.05, 3.63) is 59.8 Å². The summed E-state index contributed by atoms with van der Waals surface area (Å²) in [5, 5.41) is 0.799. The number of Topliss-reactive ketones (excluding diaryl/α,β-unsaturated/α-hetero) is 1. The number of hydrogen-bond donors (Lipinski definition) is 1. The van der Waals surface area contributed by atoms with Crippen LogP contribution in [0.15, 0.2) is 48.5 Å². The topological polar surface area (TPSA) is 65.6 Å². The molecule has 0 aliphatic carbocycles. The third-order valence-electron chi connectivity index (χ3n) is 5.39. The van der Waals surface area contributed by atoms with Gasteiger partial charge in [-0.15, -0.1) is 0 Å². The zero-order chi connectivity index (χ0) is 20.4. The van der Waals surface area contributed by atoms with Crippen molar-refractivity contribution >= 4 is 28.3 Å². The molecule has 1 amide bonds. The molecule has 0 bridgehead atoms. The molecule has 1 N–H and O–H groups in total. The molecule has 1 fully saturated rings. The number of aryl methyl sites for hydroxylation is 1. The van der Waals surface area contributed by atoms with Gasteiger partial charge in [0.15, 0.2) is 0 Å². The van der Waals surface area contributed by atoms with Crippen LogP contribution in [0.5, 0.6) is 5.75 Å². The predicted octanol–water partition coefficient (Wildman–Crippen LogP) is 3.41. The second kappa shape index (κ2) is 7.99. The van der Waals surface area contributed by atoms with Crippen molar-refractivity contribution in [3.63, 3.8) is 0 Å². The Balaban J connectivity index is 1.48. The summed E-state index contributed by atoms with van der Waals surface area (Å²) < 4.78 is 5.73. The highest BCUT2D eigenvalue weighted by molar-refractivity contribution is 6.45. The average Bonchev–Trinajstić information content (AvgIpc) is 3.09. The van der Waals surface area contributed by atoms with E-state index in [9.17, 15) is 9.59 Å². The monoisotopic (exact) mass is 391 g/mol. The zero-order valence-corrected chi connectivity index (χ0v) is 16.8. The number of hydrogen-bond acceptors (Lipinski definition) is 4. The van der Waals surface area contributed by atoms with Gasteiger partial charge >= 0.3 is 0 Å². The second-order valence-electron chi connectivity index (χ2n) is 7.18. The summed E-state index contributed by atoms with van der Waals surface area (Å²) in [6, 6.07) is 15.5. The molecule has 1 aliphatic rings. The summed E-state index contributed by atoms with van der Waals surface area (Å²) in [6.45, 7) is 6.74. The summed E-state index contributed by atoms with van der Waals surface area (Å²) in [5.41, 5.74) is 3.11. The number of piperazine rings is 1. The van der Waals surface area contributed by atoms with Gasteiger partial charge in [0, 0.05) is 42.8 Å². The molecule has 6 heteroatoms. The molecule has 0 spiro atoms. The minimum atomic E-state index is -0.442. The van der Waals surface area contributed by atoms with Gasteiger partial charge in [0.05, 0.1) is 17.9 Å². The Kier molecular flexibility index (Phi) is 5.25. The van der Waals surface area contributed by atoms with E-state index in [2.05, 4.69) is 9.88 Å². The fourth-order valence-electron chi connectivity index (χ4n) is 3.97. The van der Waals surface area contributed by atoms with Crippen molar-refractivity contribution in [1.82, 2.24) is 9.88 Å². The van der Waals surface area contributed by atoms with E-state index >= 15 is 0 Å². The molecule has 2 heterocycles. The number of carbonyl (C=O) groups is 2. The van der Waals surface area contributed by atoms with Crippen LogP contribution in [0, 0.1) is 6.92 Å². The van der Waals surface area contributed by atoms with E-state index < -0.39 is 11.7 Å². The van der Waals surface area contributed by atoms with E-state index in [-0.39, 0.29) is 0 Å². The maximum Gasteiger partial charge on any atom is 0.295 e. The number of para-hydroxylation sites is 3. The molecule has 0 radical (unpaired) electrons. The lowest BCUT2D eigenvalue weighted by molar-refractivity contribution is -0.126. The first-order chi connectivity index (χ1) is 14.1. The minimum Gasteiger partial charge on any atom is -0.492 e. The summed E-state index contributed by atoms with van der Waals surface area (Å²) in [6.07, 6.45) is 0. The van der Waals surface area contributed by atoms with E-state index in [0.29, 0.717) is 38.3 Å². The van der Waals surface area contributed by atoms with Crippen LogP contribution in [0.2, 0.25) is 0 Å². The molecule has 2 aromatic carbocycles. The van der Waals surface area contributed by atoms with Crippen LogP contribution in [0.4, 0.5) is 5.69 Å². The Morgan fingerprint density at radius 3 is 2.45 bits per heavy atom. The van der Waals surface area contributed by atoms with E-state index in [4.69, 9.17) is 4.74 Å². The van der Waals surface area contributed by atoms with E-state index in [1.54, 1.807) is 4.90 Å². The number of H-pyrrole nitrogens is 1. The number of nitrogens with one attached hydrogen (secondary N) is 1. The maximum atomic E-state index is 13.0. The van der Waals surface area contributed by atoms with Crippen molar-refractivity contribution in [2.45, 2.75) is 13.8 Å². The molecule has 0 saturated carbocycles. The molecular weight excluding hydrogens is 366 g/mol. The van der Waals surface area contributed by atoms with E-state index in [0.717, 1.165) is 28.0 Å². The van der Waals surface area contributed by atoms with Crippen LogP contribution in [0.1, 0.15) is 23.0 Å². The average molecular weight is 391 g/mol. The number of ether oxygens (including phenoxy) is 1. The Bertz CT molecular complexity index is 1050. The number of fused-ring (bicyclic) bond motifs is 1. The normalized spacial score (nSPS) is 14.3. The lowest BCUT2D eigenvalue weighted by Gasteiger charge is -2.36. The van der Waals surface area contributed by atoms with Crippen molar-refractivity contribution in [3.8, 4) is 5.75 Å². The zero-order valence-electron chi connectivity index (χ0n) is 16.8. The Hall–Kier alpha value is -3.28. The fraction of sp³-hybridized carbons (Fsp3) is 0.304. The largest absolute Gasteiger partial charge is 0.492 e. The Labute approximate surface area is 170 Å². The molecule has 4 rings (SSSR count). The van der Waals surface area contributed by atoms with Crippen LogP contribution in [-0.4, -0.2) is 54.4 Å². The highest BCUT2D eigenvalue weighted by Crippen LogP contribution is 2.29. The first-order valence-electron chi connectivity index (χ1n) is 9.97. The van der Waals surface area contributed by atoms with Gasteiger partial charge in [0.1, 0.15) is 5.75 Å². The van der Waals surface area contributed by atoms with Crippen LogP contribution < -0.4 is 9.64 Å². The van der Waals surface area contributed by atoms with Crippen LogP contribution >= 0.6 is 0 Å². The Morgan fingerprint density at radius 1 is 1.00 bits per heavy atom. The lowest BCUT2D eigenvalue weighted by atomic mass is 10.1. The molecule has 3 aromatic rings. The second-order valence-corrected chi connectivity index (χ2v) is 7.18. The van der Waals surface area contributed by atoms with Gasteiger partial charge in [-0.3, -0.25) is 9.59 Å². The molecule has 1 aliphatic heterocycles. The molecule has 150 valence electrons. The van der Waals surface area contributed by atoms with Gasteiger partial charge in [0.25, 0.3) is 11.7 Å². The van der Waals surface area contributed by atoms with Gasteiger partial charge in [-0.2, -0.15) is 0 Å². The standard InChI is InChI=1S/C23H25N3O3/c1-3-29-20-11-7-6-10-19(20)25-12-14-26(15-13-25)23(28)22(27)21-16(2)24-18-9-5-4-8-17(18)21/h4-11,24H,3,12-15H2,1-2H3. The number of anilines is 1. The van der Waals surface area contributed by atoms with E-state index in [1.807, 2.05) is 62.4 Å². The molecule has 6 nitrogen and oxygen atoms in total. The molecule has 1 aromatic heterocycles. The summed E-state index contributed by atoms with van der Waals surface area (Å²) in [5.74, 6) is -0.0287. The van der Waals surface area contributed by atoms with Gasteiger partial charge in [-0.1, -0.05) is 30.3 Å². The number of aromatic nitrogens is 1. The number of rotatable bonds is 5. The van der Waals surface area contributed by atoms with Gasteiger partial charge < -0.3 is 19.5 Å². The van der Waals surface area contributed by atoms with E-state index in [1.165, 1.54) is 0 Å². The SMILES string of the molecule is CCOc1ccccc1N1CCN(C(=O)C(=O)c2c(C)[nH]c3ccccc23)CC1. The molecule has 0 atom stereocenters. The first-order valence-corrected chi connectivity index (χ1v) is 9.97. The number of carbonyl (C=O) groups excluding carboxylic acids is 2. The first kappa shape index (κ1) is 19.1. The number of aromatic amines is 1.